The molecule has 192 valence electrons. The molecule has 0 unspecified atom stereocenters. The second-order valence-corrected chi connectivity index (χ2v) is 12.8. The maximum absolute atomic E-state index is 13.1. The molecular formula is C26H31N3O5S2. The van der Waals surface area contributed by atoms with Crippen molar-refractivity contribution in [3.63, 3.8) is 0 Å². The summed E-state index contributed by atoms with van der Waals surface area (Å²) in [6.07, 6.45) is 4.02. The summed E-state index contributed by atoms with van der Waals surface area (Å²) in [7, 11) is -3.84. The molecule has 3 N–H and O–H groups in total. The van der Waals surface area contributed by atoms with Gasteiger partial charge in [-0.15, -0.1) is 11.3 Å². The maximum Gasteiger partial charge on any atom is 0.264 e. The van der Waals surface area contributed by atoms with Crippen LogP contribution < -0.4 is 4.72 Å². The van der Waals surface area contributed by atoms with Crippen LogP contribution in [0.1, 0.15) is 55.8 Å². The zero-order chi connectivity index (χ0) is 25.6. The molecule has 5 rings (SSSR count). The molecule has 1 aliphatic heterocycles. The number of fused-ring (bicyclic) bond motifs is 1. The maximum atomic E-state index is 13.1. The molecule has 0 bridgehead atoms. The van der Waals surface area contributed by atoms with Gasteiger partial charge in [0.2, 0.25) is 0 Å². The van der Waals surface area contributed by atoms with E-state index < -0.39 is 21.2 Å². The van der Waals surface area contributed by atoms with Crippen molar-refractivity contribution in [1.82, 2.24) is 9.88 Å². The van der Waals surface area contributed by atoms with Crippen molar-refractivity contribution in [3.05, 3.63) is 53.5 Å². The number of likely N-dealkylation sites (tertiary alicyclic amines) is 1. The number of carbonyl (C=O) groups excluding carboxylic acids is 1. The van der Waals surface area contributed by atoms with Gasteiger partial charge in [0.05, 0.1) is 21.4 Å². The number of hydrogen-bond donors (Lipinski definition) is 3. The van der Waals surface area contributed by atoms with Crippen molar-refractivity contribution in [2.75, 3.05) is 17.8 Å². The Labute approximate surface area is 215 Å². The van der Waals surface area contributed by atoms with Gasteiger partial charge in [0.1, 0.15) is 10.4 Å². The SMILES string of the molecule is CC1(O)CCC(C2(O)CCN(C(=O)c3ccc(NS(=O)(=O)c4cccc5scnc45)cc3)CC2)CC1. The number of nitrogens with one attached hydrogen (secondary N) is 1. The Hall–Kier alpha value is -2.53. The smallest absolute Gasteiger partial charge is 0.264 e. The number of amides is 1. The fourth-order valence-electron chi connectivity index (χ4n) is 5.43. The number of rotatable bonds is 5. The molecule has 2 fully saturated rings. The summed E-state index contributed by atoms with van der Waals surface area (Å²) in [5.74, 6) is 0.0164. The number of para-hydroxylation sites is 1. The van der Waals surface area contributed by atoms with E-state index in [1.807, 2.05) is 13.0 Å². The highest BCUT2D eigenvalue weighted by Crippen LogP contribution is 2.42. The van der Waals surface area contributed by atoms with Crippen LogP contribution in [0.5, 0.6) is 0 Å². The van der Waals surface area contributed by atoms with Crippen molar-refractivity contribution < 1.29 is 23.4 Å². The third-order valence-corrected chi connectivity index (χ3v) is 9.94. The molecule has 0 spiro atoms. The van der Waals surface area contributed by atoms with Gasteiger partial charge in [-0.05, 0) is 87.8 Å². The molecular weight excluding hydrogens is 498 g/mol. The van der Waals surface area contributed by atoms with Crippen LogP contribution in [-0.4, -0.2) is 58.7 Å². The number of nitrogens with zero attached hydrogens (tertiary/aromatic N) is 2. The lowest BCUT2D eigenvalue weighted by atomic mass is 9.69. The molecule has 2 aliphatic rings. The van der Waals surface area contributed by atoms with Crippen LogP contribution in [0, 0.1) is 5.92 Å². The first kappa shape index (κ1) is 25.1. The van der Waals surface area contributed by atoms with Crippen molar-refractivity contribution >= 4 is 43.2 Å². The lowest BCUT2D eigenvalue weighted by molar-refractivity contribution is -0.0954. The molecule has 3 aromatic rings. The number of benzene rings is 2. The van der Waals surface area contributed by atoms with Crippen molar-refractivity contribution in [3.8, 4) is 0 Å². The van der Waals surface area contributed by atoms with Crippen LogP contribution >= 0.6 is 11.3 Å². The number of anilines is 1. The predicted molar refractivity (Wildman–Crippen MR) is 140 cm³/mol. The number of sulfonamides is 1. The van der Waals surface area contributed by atoms with E-state index in [0.717, 1.165) is 17.5 Å². The number of hydrogen-bond acceptors (Lipinski definition) is 7. The van der Waals surface area contributed by atoms with Gasteiger partial charge in [-0.2, -0.15) is 0 Å². The predicted octanol–water partition coefficient (Wildman–Crippen LogP) is 4.01. The van der Waals surface area contributed by atoms with E-state index in [2.05, 4.69) is 9.71 Å². The molecule has 10 heteroatoms. The Morgan fingerprint density at radius 1 is 1.06 bits per heavy atom. The Kier molecular flexibility index (Phi) is 6.57. The molecule has 8 nitrogen and oxygen atoms in total. The van der Waals surface area contributed by atoms with E-state index in [1.54, 1.807) is 40.7 Å². The van der Waals surface area contributed by atoms with E-state index in [1.165, 1.54) is 17.4 Å². The van der Waals surface area contributed by atoms with Crippen LogP contribution in [0.3, 0.4) is 0 Å². The summed E-state index contributed by atoms with van der Waals surface area (Å²) in [4.78, 5) is 19.1. The first-order chi connectivity index (χ1) is 17.1. The molecule has 1 amide bonds. The number of aliphatic hydroxyl groups is 2. The monoisotopic (exact) mass is 529 g/mol. The van der Waals surface area contributed by atoms with E-state index in [4.69, 9.17) is 0 Å². The summed E-state index contributed by atoms with van der Waals surface area (Å²) in [5.41, 5.74) is 1.45. The first-order valence-electron chi connectivity index (χ1n) is 12.3. The summed E-state index contributed by atoms with van der Waals surface area (Å²) >= 11 is 1.38. The zero-order valence-electron chi connectivity index (χ0n) is 20.2. The third-order valence-electron chi connectivity index (χ3n) is 7.74. The first-order valence-corrected chi connectivity index (χ1v) is 14.6. The Morgan fingerprint density at radius 2 is 1.72 bits per heavy atom. The van der Waals surface area contributed by atoms with Gasteiger partial charge >= 0.3 is 0 Å². The molecule has 1 saturated heterocycles. The average molecular weight is 530 g/mol. The average Bonchev–Trinajstić information content (AvgIpc) is 3.33. The molecule has 2 aromatic carbocycles. The topological polar surface area (TPSA) is 120 Å². The highest BCUT2D eigenvalue weighted by Gasteiger charge is 2.43. The van der Waals surface area contributed by atoms with E-state index >= 15 is 0 Å². The van der Waals surface area contributed by atoms with Crippen LogP contribution in [-0.2, 0) is 10.0 Å². The summed E-state index contributed by atoms with van der Waals surface area (Å²) in [6.45, 7) is 2.79. The fourth-order valence-corrected chi connectivity index (χ4v) is 7.43. The lowest BCUT2D eigenvalue weighted by Gasteiger charge is -2.46. The van der Waals surface area contributed by atoms with E-state index in [-0.39, 0.29) is 16.7 Å². The highest BCUT2D eigenvalue weighted by molar-refractivity contribution is 7.93. The minimum absolute atomic E-state index is 0.115. The Balaban J connectivity index is 1.21. The Morgan fingerprint density at radius 3 is 2.39 bits per heavy atom. The zero-order valence-corrected chi connectivity index (χ0v) is 21.8. The van der Waals surface area contributed by atoms with E-state index in [0.29, 0.717) is 55.5 Å². The normalized spacial score (nSPS) is 24.5. The molecule has 0 atom stereocenters. The summed E-state index contributed by atoms with van der Waals surface area (Å²) in [5, 5.41) is 21.5. The van der Waals surface area contributed by atoms with Gasteiger partial charge in [-0.25, -0.2) is 13.4 Å². The van der Waals surface area contributed by atoms with Gasteiger partial charge < -0.3 is 15.1 Å². The van der Waals surface area contributed by atoms with E-state index in [9.17, 15) is 23.4 Å². The number of piperidine rings is 1. The summed E-state index contributed by atoms with van der Waals surface area (Å²) in [6, 6.07) is 11.4. The molecule has 1 saturated carbocycles. The van der Waals surface area contributed by atoms with Gasteiger partial charge in [0, 0.05) is 24.3 Å². The van der Waals surface area contributed by atoms with Crippen LogP contribution in [0.25, 0.3) is 10.2 Å². The van der Waals surface area contributed by atoms with Crippen LogP contribution in [0.4, 0.5) is 5.69 Å². The standard InChI is InChI=1S/C26H31N3O5S2/c1-25(31)11-9-19(10-12-25)26(32)13-15-29(16-14-26)24(30)18-5-7-20(8-6-18)28-36(33,34)22-4-2-3-21-23(22)27-17-35-21/h2-8,17,19,28,31-32H,9-16H2,1H3. The largest absolute Gasteiger partial charge is 0.390 e. The highest BCUT2D eigenvalue weighted by atomic mass is 32.2. The van der Waals surface area contributed by atoms with Gasteiger partial charge in [-0.1, -0.05) is 6.07 Å². The lowest BCUT2D eigenvalue weighted by Crippen LogP contribution is -2.52. The van der Waals surface area contributed by atoms with Gasteiger partial charge in [0.25, 0.3) is 15.9 Å². The fraction of sp³-hybridized carbons (Fsp3) is 0.462. The van der Waals surface area contributed by atoms with Crippen molar-refractivity contribution in [2.45, 2.75) is 61.5 Å². The van der Waals surface area contributed by atoms with Crippen LogP contribution in [0.15, 0.2) is 52.9 Å². The number of aromatic nitrogens is 1. The van der Waals surface area contributed by atoms with Crippen molar-refractivity contribution in [2.24, 2.45) is 5.92 Å². The minimum atomic E-state index is -3.84. The van der Waals surface area contributed by atoms with Gasteiger partial charge in [0.15, 0.2) is 0 Å². The second kappa shape index (κ2) is 9.41. The molecule has 36 heavy (non-hydrogen) atoms. The molecule has 1 aliphatic carbocycles. The summed E-state index contributed by atoms with van der Waals surface area (Å²) < 4.78 is 29.3. The Bertz CT molecular complexity index is 1350. The number of thiazole rings is 1. The molecule has 2 heterocycles. The molecule has 1 aromatic heterocycles. The third kappa shape index (κ3) is 5.00. The molecule has 0 radical (unpaired) electrons. The van der Waals surface area contributed by atoms with Crippen LogP contribution in [0.2, 0.25) is 0 Å². The second-order valence-electron chi connectivity index (χ2n) is 10.3. The minimum Gasteiger partial charge on any atom is -0.390 e. The number of carbonyl (C=O) groups is 1. The van der Waals surface area contributed by atoms with Gasteiger partial charge in [-0.3, -0.25) is 9.52 Å². The quantitative estimate of drug-likeness (QED) is 0.460. The van der Waals surface area contributed by atoms with Crippen molar-refractivity contribution in [1.29, 1.82) is 0 Å².